The predicted molar refractivity (Wildman–Crippen MR) is 257 cm³/mol. The van der Waals surface area contributed by atoms with Crippen molar-refractivity contribution in [3.05, 3.63) is 106 Å². The van der Waals surface area contributed by atoms with Crippen LogP contribution in [0.15, 0.2) is 83.7 Å². The average molecular weight is 962 g/mol. The number of hydrogen-bond acceptors (Lipinski definition) is 10. The number of hydrogen-bond donors (Lipinski definition) is 6. The summed E-state index contributed by atoms with van der Waals surface area (Å²) in [6.07, 6.45) is 5.45. The molecule has 1 aromatic heterocycles. The number of nitrogens with one attached hydrogen (secondary N) is 3. The van der Waals surface area contributed by atoms with E-state index in [0.717, 1.165) is 48.4 Å². The molecule has 0 spiro atoms. The average Bonchev–Trinajstić information content (AvgIpc) is 3.85. The van der Waals surface area contributed by atoms with E-state index in [-0.39, 0.29) is 55.8 Å². The Morgan fingerprint density at radius 1 is 0.843 bits per heavy atom. The van der Waals surface area contributed by atoms with Crippen molar-refractivity contribution in [1.29, 1.82) is 0 Å². The molecule has 8 rings (SSSR count). The first-order valence-electron chi connectivity index (χ1n) is 24.1. The van der Waals surface area contributed by atoms with Crippen LogP contribution in [0.2, 0.25) is 0 Å². The summed E-state index contributed by atoms with van der Waals surface area (Å²) in [5, 5.41) is 15.7. The number of nitrogens with zero attached hydrogens (tertiary/aromatic N) is 4. The fraction of sp³-hybridized carbons (Fsp3) is 0.471. The number of fused-ring (bicyclic) bond motifs is 2. The minimum atomic E-state index is -1.11. The lowest BCUT2D eigenvalue weighted by Gasteiger charge is -2.38. The largest absolute Gasteiger partial charge is 0.481 e. The molecule has 3 aromatic carbocycles. The maximum atomic E-state index is 14.0. The summed E-state index contributed by atoms with van der Waals surface area (Å²) in [6.45, 7) is 1.50. The summed E-state index contributed by atoms with van der Waals surface area (Å²) >= 11 is 0. The molecule has 4 fully saturated rings. The molecular formula is C51H63N9O10. The highest BCUT2D eigenvalue weighted by Crippen LogP contribution is 2.45. The standard InChI is InChI=1S/C49H59N9O8.C2H4O2/c1-55-40-27-32(15-18-37(40)58(49(55)66)39-20-22-42(60)53-47(39)64)33-25-29(26-33)9-8-14-43(61)56-24-23-34-16-19-38(57(34)48(65)35(50)28-56)46(63)52-36(17-21-41(51)59)45(62)54-44(30-10-4-2-5-11-30)31-12-6-3-7-13-31;1-2(3)4/h2-7,10-13,15,18,27,29,33-36,38-39,44H,8-9,14,16-17,19-26,28,50H2,1H3,(H2,51,59)(H,52,63)(H,54,62)(H,53,60,64);1H3,(H,3,4)/t29?,33?,34-,35+,36+,38?,39?;/m1./s1. The molecule has 4 heterocycles. The SMILES string of the molecule is CC(=O)O.Cn1c(=O)n(C2CCC(=O)NC2=O)c2ccc(C3CC(CCCC(=O)N4CC[C@H]5CCC(C(=O)N[C@@H](CCC(N)=O)C(=O)NC(c6ccccc6)c6ccccc6)N5C(=O)[C@@H](N)C4)C3)cc21. The molecular weight excluding hydrogens is 899 g/mol. The van der Waals surface area contributed by atoms with Crippen LogP contribution in [0.4, 0.5) is 0 Å². The molecule has 1 aliphatic carbocycles. The zero-order valence-corrected chi connectivity index (χ0v) is 39.6. The summed E-state index contributed by atoms with van der Waals surface area (Å²) in [5.74, 6) is -2.98. The summed E-state index contributed by atoms with van der Waals surface area (Å²) in [4.78, 5) is 117. The number of rotatable bonds is 15. The third-order valence-corrected chi connectivity index (χ3v) is 14.1. The Labute approximate surface area is 405 Å². The first kappa shape index (κ1) is 50.7. The van der Waals surface area contributed by atoms with Crippen LogP contribution in [0.1, 0.15) is 119 Å². The van der Waals surface area contributed by atoms with Crippen molar-refractivity contribution in [1.82, 2.24) is 34.9 Å². The number of piperidine rings is 1. The molecule has 19 heteroatoms. The Bertz CT molecular complexity index is 2620. The lowest BCUT2D eigenvalue weighted by molar-refractivity contribution is -0.145. The Morgan fingerprint density at radius 2 is 1.50 bits per heavy atom. The van der Waals surface area contributed by atoms with Crippen LogP contribution >= 0.6 is 0 Å². The van der Waals surface area contributed by atoms with E-state index in [2.05, 4.69) is 16.0 Å². The van der Waals surface area contributed by atoms with Gasteiger partial charge in [-0.15, -0.1) is 0 Å². The summed E-state index contributed by atoms with van der Waals surface area (Å²) in [6, 6.07) is 20.2. The molecule has 8 N–H and O–H groups in total. The maximum absolute atomic E-state index is 14.0. The molecule has 7 amide bonds. The number of aryl methyl sites for hydroxylation is 1. The van der Waals surface area contributed by atoms with Gasteiger partial charge in [0.15, 0.2) is 0 Å². The van der Waals surface area contributed by atoms with Crippen LogP contribution in [-0.4, -0.2) is 109 Å². The van der Waals surface area contributed by atoms with Crippen molar-refractivity contribution >= 4 is 58.4 Å². The van der Waals surface area contributed by atoms with E-state index in [1.807, 2.05) is 78.9 Å². The van der Waals surface area contributed by atoms with Crippen LogP contribution in [0.25, 0.3) is 11.0 Å². The number of carboxylic acids is 1. The number of aromatic nitrogens is 2. The fourth-order valence-corrected chi connectivity index (χ4v) is 10.4. The van der Waals surface area contributed by atoms with Gasteiger partial charge < -0.3 is 37.0 Å². The van der Waals surface area contributed by atoms with E-state index in [4.69, 9.17) is 21.4 Å². The molecule has 0 radical (unpaired) electrons. The Morgan fingerprint density at radius 3 is 2.13 bits per heavy atom. The second-order valence-electron chi connectivity index (χ2n) is 18.9. The Balaban J connectivity index is 0.00000174. The predicted octanol–water partition coefficient (Wildman–Crippen LogP) is 2.65. The summed E-state index contributed by atoms with van der Waals surface area (Å²) in [7, 11) is 1.69. The van der Waals surface area contributed by atoms with E-state index in [1.54, 1.807) is 21.4 Å². The topological polar surface area (TPSA) is 278 Å². The van der Waals surface area contributed by atoms with Crippen LogP contribution < -0.4 is 33.1 Å². The van der Waals surface area contributed by atoms with Gasteiger partial charge in [-0.1, -0.05) is 66.7 Å². The number of imidazole rings is 1. The molecule has 70 heavy (non-hydrogen) atoms. The lowest BCUT2D eigenvalue weighted by atomic mass is 9.69. The van der Waals surface area contributed by atoms with Gasteiger partial charge in [0, 0.05) is 52.4 Å². The Hall–Kier alpha value is -7.15. The second-order valence-corrected chi connectivity index (χ2v) is 18.9. The zero-order chi connectivity index (χ0) is 50.2. The van der Waals surface area contributed by atoms with Crippen LogP contribution in [0, 0.1) is 5.92 Å². The van der Waals surface area contributed by atoms with Crippen molar-refractivity contribution in [2.75, 3.05) is 13.1 Å². The third kappa shape index (κ3) is 11.8. The van der Waals surface area contributed by atoms with Crippen LogP contribution in [0.3, 0.4) is 0 Å². The van der Waals surface area contributed by atoms with E-state index in [0.29, 0.717) is 56.0 Å². The van der Waals surface area contributed by atoms with Gasteiger partial charge in [-0.25, -0.2) is 4.79 Å². The normalized spacial score (nSPS) is 22.7. The highest BCUT2D eigenvalue weighted by molar-refractivity contribution is 6.00. The highest BCUT2D eigenvalue weighted by Gasteiger charge is 2.45. The van der Waals surface area contributed by atoms with Gasteiger partial charge in [0.1, 0.15) is 24.2 Å². The smallest absolute Gasteiger partial charge is 0.329 e. The maximum Gasteiger partial charge on any atom is 0.329 e. The number of carbonyl (C=O) groups is 8. The van der Waals surface area contributed by atoms with Crippen molar-refractivity contribution in [2.24, 2.45) is 24.4 Å². The molecule has 3 saturated heterocycles. The van der Waals surface area contributed by atoms with E-state index in [1.165, 1.54) is 4.57 Å². The molecule has 4 aliphatic rings. The molecule has 2 unspecified atom stereocenters. The summed E-state index contributed by atoms with van der Waals surface area (Å²) < 4.78 is 3.04. The van der Waals surface area contributed by atoms with Gasteiger partial charge in [0.2, 0.25) is 41.4 Å². The third-order valence-electron chi connectivity index (χ3n) is 14.1. The van der Waals surface area contributed by atoms with Gasteiger partial charge in [-0.2, -0.15) is 0 Å². The highest BCUT2D eigenvalue weighted by atomic mass is 16.4. The van der Waals surface area contributed by atoms with E-state index < -0.39 is 65.7 Å². The molecule has 5 atom stereocenters. The summed E-state index contributed by atoms with van der Waals surface area (Å²) in [5.41, 5.74) is 15.9. The molecule has 3 aliphatic heterocycles. The molecule has 19 nitrogen and oxygen atoms in total. The number of amides is 7. The lowest BCUT2D eigenvalue weighted by Crippen LogP contribution is -2.60. The van der Waals surface area contributed by atoms with Crippen molar-refractivity contribution in [2.45, 2.75) is 126 Å². The van der Waals surface area contributed by atoms with E-state index in [9.17, 15) is 38.4 Å². The Kier molecular flexibility index (Phi) is 16.3. The van der Waals surface area contributed by atoms with Crippen molar-refractivity contribution in [3.63, 3.8) is 0 Å². The van der Waals surface area contributed by atoms with Gasteiger partial charge >= 0.3 is 5.69 Å². The molecule has 0 bridgehead atoms. The monoisotopic (exact) mass is 961 g/mol. The number of benzene rings is 3. The van der Waals surface area contributed by atoms with Crippen molar-refractivity contribution < 1.29 is 43.5 Å². The van der Waals surface area contributed by atoms with Gasteiger partial charge in [0.25, 0.3) is 5.97 Å². The number of carbonyl (C=O) groups excluding carboxylic acids is 7. The molecule has 1 saturated carbocycles. The van der Waals surface area contributed by atoms with Crippen molar-refractivity contribution in [3.8, 4) is 0 Å². The number of primary amides is 1. The quantitative estimate of drug-likeness (QED) is 0.0943. The van der Waals surface area contributed by atoms with Gasteiger partial charge in [-0.05, 0) is 98.4 Å². The second kappa shape index (κ2) is 22.5. The molecule has 4 aromatic rings. The zero-order valence-electron chi connectivity index (χ0n) is 39.6. The molecule has 372 valence electrons. The minimum absolute atomic E-state index is 0.0288. The number of imide groups is 1. The first-order chi connectivity index (χ1) is 33.5. The van der Waals surface area contributed by atoms with Crippen LogP contribution in [0.5, 0.6) is 0 Å². The van der Waals surface area contributed by atoms with Crippen LogP contribution in [-0.2, 0) is 45.4 Å². The van der Waals surface area contributed by atoms with Gasteiger partial charge in [0.05, 0.1) is 17.1 Å². The number of carboxylic acid groups (broad SMARTS) is 1. The number of aliphatic carboxylic acids is 1. The first-order valence-corrected chi connectivity index (χ1v) is 24.1. The minimum Gasteiger partial charge on any atom is -0.481 e. The number of nitrogens with two attached hydrogens (primary N) is 2. The fourth-order valence-electron chi connectivity index (χ4n) is 10.4. The van der Waals surface area contributed by atoms with Gasteiger partial charge in [-0.3, -0.25) is 52.8 Å². The van der Waals surface area contributed by atoms with E-state index >= 15 is 0 Å².